The van der Waals surface area contributed by atoms with Crippen LogP contribution in [-0.4, -0.2) is 25.1 Å². The lowest BCUT2D eigenvalue weighted by atomic mass is 10.2. The highest BCUT2D eigenvalue weighted by Gasteiger charge is 2.17. The van der Waals surface area contributed by atoms with E-state index in [9.17, 15) is 0 Å². The minimum atomic E-state index is 0.315. The summed E-state index contributed by atoms with van der Waals surface area (Å²) in [4.78, 5) is 4.31. The van der Waals surface area contributed by atoms with Crippen LogP contribution in [0.3, 0.4) is 0 Å². The fraction of sp³-hybridized carbons (Fsp3) is 0.889. The van der Waals surface area contributed by atoms with Gasteiger partial charge in [0.2, 0.25) is 0 Å². The summed E-state index contributed by atoms with van der Waals surface area (Å²) in [6.45, 7) is 3.73. The summed E-state index contributed by atoms with van der Waals surface area (Å²) in [7, 11) is 0. The van der Waals surface area contributed by atoms with Crippen molar-refractivity contribution < 1.29 is 4.74 Å². The first kappa shape index (κ1) is 9.52. The Bertz CT molecular complexity index is 157. The van der Waals surface area contributed by atoms with Gasteiger partial charge in [0.1, 0.15) is 6.10 Å². The molecule has 0 aliphatic carbocycles. The summed E-state index contributed by atoms with van der Waals surface area (Å²) in [5.74, 6) is 0.944. The number of nitrogens with zero attached hydrogens (tertiary/aromatic N) is 1. The largest absolute Gasteiger partial charge is 0.476 e. The van der Waals surface area contributed by atoms with Crippen molar-refractivity contribution >= 4 is 5.90 Å². The summed E-state index contributed by atoms with van der Waals surface area (Å²) in [6.07, 6.45) is 4.50. The molecule has 2 N–H and O–H groups in total. The van der Waals surface area contributed by atoms with Crippen LogP contribution in [0.2, 0.25) is 0 Å². The van der Waals surface area contributed by atoms with Crippen molar-refractivity contribution in [1.29, 1.82) is 0 Å². The highest BCUT2D eigenvalue weighted by molar-refractivity contribution is 5.77. The van der Waals surface area contributed by atoms with Gasteiger partial charge in [0.15, 0.2) is 5.90 Å². The molecule has 1 aliphatic rings. The van der Waals surface area contributed by atoms with Gasteiger partial charge in [-0.25, -0.2) is 0 Å². The molecule has 12 heavy (non-hydrogen) atoms. The van der Waals surface area contributed by atoms with Gasteiger partial charge >= 0.3 is 0 Å². The highest BCUT2D eigenvalue weighted by atomic mass is 16.5. The van der Waals surface area contributed by atoms with Crippen LogP contribution in [-0.2, 0) is 4.74 Å². The maximum Gasteiger partial charge on any atom is 0.183 e. The monoisotopic (exact) mass is 170 g/mol. The SMILES string of the molecule is CCCC1=NCC(CCCN)O1. The van der Waals surface area contributed by atoms with Gasteiger partial charge in [0, 0.05) is 6.42 Å². The first-order valence-electron chi connectivity index (χ1n) is 4.77. The van der Waals surface area contributed by atoms with Crippen LogP contribution in [0.4, 0.5) is 0 Å². The second-order valence-electron chi connectivity index (χ2n) is 3.16. The van der Waals surface area contributed by atoms with E-state index in [2.05, 4.69) is 11.9 Å². The molecule has 0 aromatic heterocycles. The lowest BCUT2D eigenvalue weighted by Crippen LogP contribution is -2.14. The fourth-order valence-electron chi connectivity index (χ4n) is 1.32. The standard InChI is InChI=1S/C9H18N2O/c1-2-4-9-11-7-8(12-9)5-3-6-10/h8H,2-7,10H2,1H3. The average Bonchev–Trinajstić information content (AvgIpc) is 2.50. The summed E-state index contributed by atoms with van der Waals surface area (Å²) in [5.41, 5.74) is 5.41. The predicted octanol–water partition coefficient (Wildman–Crippen LogP) is 1.32. The Hall–Kier alpha value is -0.570. The molecule has 0 aromatic rings. The molecule has 0 spiro atoms. The van der Waals surface area contributed by atoms with E-state index < -0.39 is 0 Å². The summed E-state index contributed by atoms with van der Waals surface area (Å²) in [5, 5.41) is 0. The maximum absolute atomic E-state index is 5.60. The van der Waals surface area contributed by atoms with Crippen LogP contribution in [0.15, 0.2) is 4.99 Å². The minimum absolute atomic E-state index is 0.315. The van der Waals surface area contributed by atoms with E-state index in [1.165, 1.54) is 0 Å². The van der Waals surface area contributed by atoms with Crippen LogP contribution in [0.25, 0.3) is 0 Å². The van der Waals surface area contributed by atoms with Gasteiger partial charge in [-0.2, -0.15) is 0 Å². The molecule has 1 heterocycles. The smallest absolute Gasteiger partial charge is 0.183 e. The Balaban J connectivity index is 2.13. The minimum Gasteiger partial charge on any atom is -0.476 e. The number of hydrogen-bond acceptors (Lipinski definition) is 3. The second-order valence-corrected chi connectivity index (χ2v) is 3.16. The zero-order valence-electron chi connectivity index (χ0n) is 7.75. The van der Waals surface area contributed by atoms with Crippen LogP contribution >= 0.6 is 0 Å². The summed E-state index contributed by atoms with van der Waals surface area (Å²) >= 11 is 0. The van der Waals surface area contributed by atoms with Crippen LogP contribution in [0.1, 0.15) is 32.6 Å². The Labute approximate surface area is 74.0 Å². The van der Waals surface area contributed by atoms with Gasteiger partial charge in [0.05, 0.1) is 6.54 Å². The van der Waals surface area contributed by atoms with Gasteiger partial charge in [-0.3, -0.25) is 4.99 Å². The lowest BCUT2D eigenvalue weighted by Gasteiger charge is -2.09. The number of hydrogen-bond donors (Lipinski definition) is 1. The van der Waals surface area contributed by atoms with Gasteiger partial charge in [0.25, 0.3) is 0 Å². The van der Waals surface area contributed by atoms with E-state index in [1.807, 2.05) is 0 Å². The van der Waals surface area contributed by atoms with Gasteiger partial charge < -0.3 is 10.5 Å². The molecule has 3 nitrogen and oxygen atoms in total. The Kier molecular flexibility index (Phi) is 4.08. The van der Waals surface area contributed by atoms with Crippen molar-refractivity contribution in [3.8, 4) is 0 Å². The van der Waals surface area contributed by atoms with Crippen molar-refractivity contribution in [3.05, 3.63) is 0 Å². The van der Waals surface area contributed by atoms with Crippen LogP contribution in [0, 0.1) is 0 Å². The quantitative estimate of drug-likeness (QED) is 0.676. The Morgan fingerprint density at radius 3 is 3.17 bits per heavy atom. The van der Waals surface area contributed by atoms with Crippen molar-refractivity contribution in [2.45, 2.75) is 38.7 Å². The van der Waals surface area contributed by atoms with Crippen molar-refractivity contribution in [1.82, 2.24) is 0 Å². The average molecular weight is 170 g/mol. The number of ether oxygens (including phenoxy) is 1. The van der Waals surface area contributed by atoms with Gasteiger partial charge in [-0.15, -0.1) is 0 Å². The molecular weight excluding hydrogens is 152 g/mol. The molecule has 1 aliphatic heterocycles. The molecule has 1 unspecified atom stereocenters. The third-order valence-corrected chi connectivity index (χ3v) is 1.97. The summed E-state index contributed by atoms with van der Waals surface area (Å²) in [6, 6.07) is 0. The molecular formula is C9H18N2O. The number of nitrogens with two attached hydrogens (primary N) is 1. The van der Waals surface area contributed by atoms with Crippen LogP contribution in [0.5, 0.6) is 0 Å². The van der Waals surface area contributed by atoms with E-state index in [-0.39, 0.29) is 0 Å². The molecule has 1 rings (SSSR count). The van der Waals surface area contributed by atoms with Crippen molar-refractivity contribution in [2.24, 2.45) is 10.7 Å². The normalized spacial score (nSPS) is 22.2. The third-order valence-electron chi connectivity index (χ3n) is 1.97. The molecule has 0 saturated carbocycles. The van der Waals surface area contributed by atoms with E-state index >= 15 is 0 Å². The zero-order valence-corrected chi connectivity index (χ0v) is 7.75. The molecule has 0 saturated heterocycles. The number of rotatable bonds is 5. The maximum atomic E-state index is 5.60. The molecule has 70 valence electrons. The van der Waals surface area contributed by atoms with E-state index in [0.29, 0.717) is 6.10 Å². The molecule has 0 aromatic carbocycles. The molecule has 0 bridgehead atoms. The van der Waals surface area contributed by atoms with Gasteiger partial charge in [-0.1, -0.05) is 6.92 Å². The van der Waals surface area contributed by atoms with Gasteiger partial charge in [-0.05, 0) is 25.8 Å². The summed E-state index contributed by atoms with van der Waals surface area (Å²) < 4.78 is 5.60. The molecule has 0 radical (unpaired) electrons. The molecule has 1 atom stereocenters. The van der Waals surface area contributed by atoms with Crippen molar-refractivity contribution in [3.63, 3.8) is 0 Å². The molecule has 3 heteroatoms. The van der Waals surface area contributed by atoms with E-state index in [4.69, 9.17) is 10.5 Å². The molecule has 0 amide bonds. The lowest BCUT2D eigenvalue weighted by molar-refractivity contribution is 0.205. The molecule has 0 fully saturated rings. The number of aliphatic imine (C=N–C) groups is 1. The highest BCUT2D eigenvalue weighted by Crippen LogP contribution is 2.12. The first-order valence-corrected chi connectivity index (χ1v) is 4.77. The third kappa shape index (κ3) is 2.81. The Morgan fingerprint density at radius 1 is 1.67 bits per heavy atom. The van der Waals surface area contributed by atoms with Crippen molar-refractivity contribution in [2.75, 3.05) is 13.1 Å². The zero-order chi connectivity index (χ0) is 8.81. The second kappa shape index (κ2) is 5.14. The van der Waals surface area contributed by atoms with Crippen LogP contribution < -0.4 is 5.73 Å². The predicted molar refractivity (Wildman–Crippen MR) is 50.4 cm³/mol. The van der Waals surface area contributed by atoms with E-state index in [1.54, 1.807) is 0 Å². The topological polar surface area (TPSA) is 47.6 Å². The first-order chi connectivity index (χ1) is 5.86. The Morgan fingerprint density at radius 2 is 2.50 bits per heavy atom. The fourth-order valence-corrected chi connectivity index (χ4v) is 1.32. The van der Waals surface area contributed by atoms with E-state index in [0.717, 1.165) is 44.7 Å².